The Bertz CT molecular complexity index is 1570. The van der Waals surface area contributed by atoms with Crippen LogP contribution in [0.15, 0.2) is 60.7 Å². The van der Waals surface area contributed by atoms with Gasteiger partial charge in [-0.25, -0.2) is 4.79 Å². The first-order valence-corrected chi connectivity index (χ1v) is 15.1. The van der Waals surface area contributed by atoms with Gasteiger partial charge in [0, 0.05) is 39.6 Å². The molecular weight excluding hydrogens is 548 g/mol. The van der Waals surface area contributed by atoms with E-state index in [1.54, 1.807) is 6.07 Å². The van der Waals surface area contributed by atoms with Gasteiger partial charge in [-0.2, -0.15) is 0 Å². The number of carbonyl (C=O) groups is 2. The SMILES string of the molecule is CCCCc1ccc([C@H](C)NC(=O)c2ccc3c(Cc4cc(Cl)cc(O[C@H](C)C(=O)O)c4)c(C)n(C(C)C)c3c2)cc1. The molecule has 2 N–H and O–H groups in total. The molecule has 1 amide bonds. The molecular formula is C35H41ClN2O4. The second-order valence-corrected chi connectivity index (χ2v) is 11.8. The van der Waals surface area contributed by atoms with Crippen molar-refractivity contribution in [2.75, 3.05) is 0 Å². The maximum absolute atomic E-state index is 13.4. The highest BCUT2D eigenvalue weighted by Gasteiger charge is 2.20. The van der Waals surface area contributed by atoms with Crippen molar-refractivity contribution >= 4 is 34.4 Å². The number of carboxylic acid groups (broad SMARTS) is 1. The van der Waals surface area contributed by atoms with Crippen molar-refractivity contribution in [2.45, 2.75) is 85.4 Å². The molecule has 0 aliphatic rings. The molecule has 0 saturated carbocycles. The molecule has 42 heavy (non-hydrogen) atoms. The van der Waals surface area contributed by atoms with Crippen LogP contribution in [0.2, 0.25) is 5.02 Å². The van der Waals surface area contributed by atoms with Crippen molar-refractivity contribution in [3.63, 3.8) is 0 Å². The normalized spacial score (nSPS) is 12.9. The number of hydrogen-bond acceptors (Lipinski definition) is 3. The van der Waals surface area contributed by atoms with E-state index in [0.717, 1.165) is 39.7 Å². The highest BCUT2D eigenvalue weighted by atomic mass is 35.5. The van der Waals surface area contributed by atoms with Gasteiger partial charge in [0.2, 0.25) is 0 Å². The number of hydrogen-bond donors (Lipinski definition) is 2. The van der Waals surface area contributed by atoms with Crippen LogP contribution in [0.1, 0.15) is 97.8 Å². The number of fused-ring (bicyclic) bond motifs is 1. The third-order valence-electron chi connectivity index (χ3n) is 7.78. The van der Waals surface area contributed by atoms with Crippen LogP contribution in [0, 0.1) is 6.92 Å². The largest absolute Gasteiger partial charge is 0.479 e. The van der Waals surface area contributed by atoms with Gasteiger partial charge in [0.05, 0.1) is 6.04 Å². The van der Waals surface area contributed by atoms with Crippen LogP contribution in [-0.4, -0.2) is 27.7 Å². The maximum atomic E-state index is 13.4. The van der Waals surface area contributed by atoms with Gasteiger partial charge in [-0.05, 0) is 100 Å². The first-order chi connectivity index (χ1) is 20.0. The number of aryl methyl sites for hydroxylation is 1. The fourth-order valence-electron chi connectivity index (χ4n) is 5.50. The van der Waals surface area contributed by atoms with Gasteiger partial charge >= 0.3 is 5.97 Å². The number of halogens is 1. The van der Waals surface area contributed by atoms with E-state index >= 15 is 0 Å². The Morgan fingerprint density at radius 3 is 2.33 bits per heavy atom. The van der Waals surface area contributed by atoms with Crippen LogP contribution in [0.4, 0.5) is 0 Å². The first kappa shape index (κ1) is 31.2. The molecule has 6 nitrogen and oxygen atoms in total. The van der Waals surface area contributed by atoms with E-state index in [0.29, 0.717) is 22.8 Å². The minimum atomic E-state index is -1.04. The molecule has 7 heteroatoms. The summed E-state index contributed by atoms with van der Waals surface area (Å²) in [5.74, 6) is -0.734. The molecule has 0 aliphatic carbocycles. The van der Waals surface area contributed by atoms with Crippen molar-refractivity contribution in [3.05, 3.63) is 99.2 Å². The average molecular weight is 589 g/mol. The molecule has 222 valence electrons. The number of nitrogens with one attached hydrogen (secondary N) is 1. The van der Waals surface area contributed by atoms with E-state index in [4.69, 9.17) is 16.3 Å². The number of aromatic nitrogens is 1. The van der Waals surface area contributed by atoms with Crippen LogP contribution >= 0.6 is 11.6 Å². The van der Waals surface area contributed by atoms with Gasteiger partial charge in [-0.3, -0.25) is 4.79 Å². The number of aliphatic carboxylic acids is 1. The molecule has 3 aromatic carbocycles. The molecule has 0 aliphatic heterocycles. The second-order valence-electron chi connectivity index (χ2n) is 11.4. The highest BCUT2D eigenvalue weighted by molar-refractivity contribution is 6.30. The monoisotopic (exact) mass is 588 g/mol. The number of benzene rings is 3. The van der Waals surface area contributed by atoms with Crippen molar-refractivity contribution in [3.8, 4) is 5.75 Å². The van der Waals surface area contributed by atoms with Crippen molar-refractivity contribution in [1.29, 1.82) is 0 Å². The van der Waals surface area contributed by atoms with E-state index in [1.807, 2.05) is 37.3 Å². The fraction of sp³-hybridized carbons (Fsp3) is 0.371. The Labute approximate surface area is 253 Å². The summed E-state index contributed by atoms with van der Waals surface area (Å²) in [6, 6.07) is 19.8. The zero-order valence-electron chi connectivity index (χ0n) is 25.3. The zero-order valence-corrected chi connectivity index (χ0v) is 26.1. The predicted molar refractivity (Wildman–Crippen MR) is 170 cm³/mol. The molecule has 4 aromatic rings. The Morgan fingerprint density at radius 2 is 1.69 bits per heavy atom. The number of amides is 1. The topological polar surface area (TPSA) is 80.6 Å². The van der Waals surface area contributed by atoms with Crippen molar-refractivity contribution < 1.29 is 19.4 Å². The molecule has 4 rings (SSSR count). The Balaban J connectivity index is 1.60. The minimum Gasteiger partial charge on any atom is -0.479 e. The molecule has 0 saturated heterocycles. The van der Waals surface area contributed by atoms with Gasteiger partial charge in [-0.15, -0.1) is 0 Å². The Hall–Kier alpha value is -3.77. The molecule has 0 unspecified atom stereocenters. The quantitative estimate of drug-likeness (QED) is 0.174. The standard InChI is InChI=1S/C35H41ClN2O4/c1-7-8-9-25-10-12-27(13-11-25)22(4)37-34(39)28-14-15-31-32(23(5)38(21(2)3)33(31)19-28)18-26-16-29(36)20-30(17-26)42-24(6)35(40)41/h10-17,19-22,24H,7-9,18H2,1-6H3,(H,37,39)(H,40,41)/t22-,24+/m0/s1. The smallest absolute Gasteiger partial charge is 0.344 e. The third kappa shape index (κ3) is 7.16. The van der Waals surface area contributed by atoms with Gasteiger partial charge in [-0.1, -0.05) is 55.3 Å². The molecule has 0 radical (unpaired) electrons. The summed E-state index contributed by atoms with van der Waals surface area (Å²) in [5.41, 5.74) is 7.16. The van der Waals surface area contributed by atoms with Crippen LogP contribution in [0.25, 0.3) is 10.9 Å². The number of unbranched alkanes of at least 4 members (excludes halogenated alkanes) is 1. The molecule has 1 heterocycles. The lowest BCUT2D eigenvalue weighted by Gasteiger charge is -2.16. The van der Waals surface area contributed by atoms with Crippen LogP contribution in [0.5, 0.6) is 5.75 Å². The van der Waals surface area contributed by atoms with Crippen LogP contribution < -0.4 is 10.1 Å². The Kier molecular flexibility index (Phi) is 10.00. The second kappa shape index (κ2) is 13.5. The molecule has 2 atom stereocenters. The summed E-state index contributed by atoms with van der Waals surface area (Å²) in [6.45, 7) is 12.1. The zero-order chi connectivity index (χ0) is 30.6. The summed E-state index contributed by atoms with van der Waals surface area (Å²) in [5, 5.41) is 14.0. The number of nitrogens with zero attached hydrogens (tertiary/aromatic N) is 1. The lowest BCUT2D eigenvalue weighted by Crippen LogP contribution is -2.26. The number of carboxylic acids is 1. The van der Waals surface area contributed by atoms with E-state index < -0.39 is 12.1 Å². The summed E-state index contributed by atoms with van der Waals surface area (Å²) in [4.78, 5) is 24.6. The fourth-order valence-corrected chi connectivity index (χ4v) is 5.75. The summed E-state index contributed by atoms with van der Waals surface area (Å²) in [7, 11) is 0. The van der Waals surface area contributed by atoms with Gasteiger partial charge in [0.25, 0.3) is 5.91 Å². The first-order valence-electron chi connectivity index (χ1n) is 14.7. The Morgan fingerprint density at radius 1 is 0.976 bits per heavy atom. The minimum absolute atomic E-state index is 0.112. The lowest BCUT2D eigenvalue weighted by atomic mass is 10.0. The summed E-state index contributed by atoms with van der Waals surface area (Å²) >= 11 is 6.38. The molecule has 0 fully saturated rings. The van der Waals surface area contributed by atoms with Crippen molar-refractivity contribution in [2.24, 2.45) is 0 Å². The number of carbonyl (C=O) groups excluding carboxylic acids is 1. The maximum Gasteiger partial charge on any atom is 0.344 e. The van der Waals surface area contributed by atoms with Gasteiger partial charge in [0.15, 0.2) is 6.10 Å². The molecule has 0 bridgehead atoms. The summed E-state index contributed by atoms with van der Waals surface area (Å²) < 4.78 is 7.85. The van der Waals surface area contributed by atoms with Gasteiger partial charge in [0.1, 0.15) is 5.75 Å². The molecule has 0 spiro atoms. The lowest BCUT2D eigenvalue weighted by molar-refractivity contribution is -0.144. The van der Waals surface area contributed by atoms with E-state index in [2.05, 4.69) is 61.8 Å². The van der Waals surface area contributed by atoms with Crippen LogP contribution in [-0.2, 0) is 17.6 Å². The molecule has 1 aromatic heterocycles. The van der Waals surface area contributed by atoms with Gasteiger partial charge < -0.3 is 19.7 Å². The van der Waals surface area contributed by atoms with E-state index in [1.165, 1.54) is 25.3 Å². The third-order valence-corrected chi connectivity index (χ3v) is 8.00. The van der Waals surface area contributed by atoms with E-state index in [9.17, 15) is 14.7 Å². The highest BCUT2D eigenvalue weighted by Crippen LogP contribution is 2.33. The van der Waals surface area contributed by atoms with Crippen LogP contribution in [0.3, 0.4) is 0 Å². The van der Waals surface area contributed by atoms with Crippen molar-refractivity contribution in [1.82, 2.24) is 9.88 Å². The summed E-state index contributed by atoms with van der Waals surface area (Å²) in [6.07, 6.45) is 3.01. The number of ether oxygens (including phenoxy) is 1. The predicted octanol–water partition coefficient (Wildman–Crippen LogP) is 8.46. The number of rotatable bonds is 12. The van der Waals surface area contributed by atoms with E-state index in [-0.39, 0.29) is 18.0 Å². The average Bonchev–Trinajstić information content (AvgIpc) is 3.21.